The number of halogens is 1. The SMILES string of the molecule is COc1ccc(Br)c(NS(=O)(=O)CCc2ccccc2)c1. The Balaban J connectivity index is 2.07. The number of rotatable bonds is 6. The average Bonchev–Trinajstić information content (AvgIpc) is 2.48. The van der Waals surface area contributed by atoms with Crippen molar-refractivity contribution in [2.75, 3.05) is 17.6 Å². The second-order valence-corrected chi connectivity index (χ2v) is 7.20. The van der Waals surface area contributed by atoms with E-state index in [9.17, 15) is 8.42 Å². The monoisotopic (exact) mass is 369 g/mol. The van der Waals surface area contributed by atoms with Crippen molar-refractivity contribution in [2.24, 2.45) is 0 Å². The molecule has 0 unspecified atom stereocenters. The van der Waals surface area contributed by atoms with Crippen LogP contribution in [0.4, 0.5) is 5.69 Å². The molecule has 2 aromatic rings. The number of sulfonamides is 1. The van der Waals surface area contributed by atoms with E-state index in [2.05, 4.69) is 20.7 Å². The Morgan fingerprint density at radius 3 is 2.52 bits per heavy atom. The first-order chi connectivity index (χ1) is 10.00. The molecule has 0 atom stereocenters. The number of aryl methyl sites for hydroxylation is 1. The van der Waals surface area contributed by atoms with Gasteiger partial charge in [0.15, 0.2) is 0 Å². The largest absolute Gasteiger partial charge is 0.497 e. The van der Waals surface area contributed by atoms with Crippen LogP contribution >= 0.6 is 15.9 Å². The fourth-order valence-corrected chi connectivity index (χ4v) is 3.41. The summed E-state index contributed by atoms with van der Waals surface area (Å²) in [4.78, 5) is 0. The van der Waals surface area contributed by atoms with Crippen LogP contribution in [0.3, 0.4) is 0 Å². The lowest BCUT2D eigenvalue weighted by Crippen LogP contribution is -2.18. The molecule has 0 spiro atoms. The van der Waals surface area contributed by atoms with Crippen LogP contribution in [0.15, 0.2) is 53.0 Å². The van der Waals surface area contributed by atoms with Crippen molar-refractivity contribution in [3.8, 4) is 5.75 Å². The van der Waals surface area contributed by atoms with Gasteiger partial charge in [0, 0.05) is 10.5 Å². The lowest BCUT2D eigenvalue weighted by atomic mass is 10.2. The second kappa shape index (κ2) is 6.95. The third kappa shape index (κ3) is 4.75. The Bertz CT molecular complexity index is 702. The highest BCUT2D eigenvalue weighted by Gasteiger charge is 2.13. The molecule has 4 nitrogen and oxygen atoms in total. The van der Waals surface area contributed by atoms with Gasteiger partial charge in [-0.2, -0.15) is 0 Å². The zero-order valence-electron chi connectivity index (χ0n) is 11.5. The van der Waals surface area contributed by atoms with E-state index in [1.54, 1.807) is 18.2 Å². The summed E-state index contributed by atoms with van der Waals surface area (Å²) in [5.74, 6) is 0.625. The van der Waals surface area contributed by atoms with Crippen molar-refractivity contribution in [1.82, 2.24) is 0 Å². The molecular formula is C15H16BrNO3S. The van der Waals surface area contributed by atoms with Crippen LogP contribution in [-0.4, -0.2) is 21.3 Å². The van der Waals surface area contributed by atoms with E-state index in [-0.39, 0.29) is 5.75 Å². The van der Waals surface area contributed by atoms with Crippen LogP contribution in [0.5, 0.6) is 5.75 Å². The van der Waals surface area contributed by atoms with Crippen LogP contribution in [0, 0.1) is 0 Å². The van der Waals surface area contributed by atoms with Gasteiger partial charge in [-0.1, -0.05) is 30.3 Å². The summed E-state index contributed by atoms with van der Waals surface area (Å²) in [5.41, 5.74) is 1.47. The van der Waals surface area contributed by atoms with Crippen LogP contribution in [0.1, 0.15) is 5.56 Å². The van der Waals surface area contributed by atoms with Crippen molar-refractivity contribution in [2.45, 2.75) is 6.42 Å². The highest BCUT2D eigenvalue weighted by Crippen LogP contribution is 2.28. The number of hydrogen-bond donors (Lipinski definition) is 1. The summed E-state index contributed by atoms with van der Waals surface area (Å²) in [5, 5.41) is 0. The van der Waals surface area contributed by atoms with Crippen molar-refractivity contribution in [3.05, 3.63) is 58.6 Å². The maximum Gasteiger partial charge on any atom is 0.233 e. The predicted molar refractivity (Wildman–Crippen MR) is 88.2 cm³/mol. The molecule has 0 bridgehead atoms. The second-order valence-electron chi connectivity index (χ2n) is 4.50. The zero-order valence-corrected chi connectivity index (χ0v) is 13.9. The summed E-state index contributed by atoms with van der Waals surface area (Å²) in [6.45, 7) is 0. The fourth-order valence-electron chi connectivity index (χ4n) is 1.83. The third-order valence-corrected chi connectivity index (χ3v) is 4.91. The molecule has 112 valence electrons. The first kappa shape index (κ1) is 15.9. The number of anilines is 1. The topological polar surface area (TPSA) is 55.4 Å². The number of nitrogens with one attached hydrogen (secondary N) is 1. The fraction of sp³-hybridized carbons (Fsp3) is 0.200. The lowest BCUT2D eigenvalue weighted by molar-refractivity contribution is 0.415. The normalized spacial score (nSPS) is 11.1. The Kier molecular flexibility index (Phi) is 5.25. The van der Waals surface area contributed by atoms with Gasteiger partial charge in [0.1, 0.15) is 5.75 Å². The van der Waals surface area contributed by atoms with Crippen LogP contribution < -0.4 is 9.46 Å². The number of hydrogen-bond acceptors (Lipinski definition) is 3. The Morgan fingerprint density at radius 1 is 1.14 bits per heavy atom. The smallest absolute Gasteiger partial charge is 0.233 e. The summed E-state index contributed by atoms with van der Waals surface area (Å²) in [6, 6.07) is 14.7. The van der Waals surface area contributed by atoms with Crippen molar-refractivity contribution in [3.63, 3.8) is 0 Å². The molecule has 0 aromatic heterocycles. The van der Waals surface area contributed by atoms with Crippen molar-refractivity contribution < 1.29 is 13.2 Å². The molecule has 0 aliphatic heterocycles. The molecule has 0 aliphatic carbocycles. The molecule has 6 heteroatoms. The molecule has 0 fully saturated rings. The molecule has 0 amide bonds. The van der Waals surface area contributed by atoms with E-state index < -0.39 is 10.0 Å². The van der Waals surface area contributed by atoms with Gasteiger partial charge in [-0.15, -0.1) is 0 Å². The molecule has 1 N–H and O–H groups in total. The standard InChI is InChI=1S/C15H16BrNO3S/c1-20-13-7-8-14(16)15(11-13)17-21(18,19)10-9-12-5-3-2-4-6-12/h2-8,11,17H,9-10H2,1H3. The predicted octanol–water partition coefficient (Wildman–Crippen LogP) is 3.44. The highest BCUT2D eigenvalue weighted by atomic mass is 79.9. The first-order valence-electron chi connectivity index (χ1n) is 6.38. The van der Waals surface area contributed by atoms with E-state index in [4.69, 9.17) is 4.74 Å². The molecule has 21 heavy (non-hydrogen) atoms. The van der Waals surface area contributed by atoms with E-state index >= 15 is 0 Å². The van der Waals surface area contributed by atoms with Gasteiger partial charge in [-0.25, -0.2) is 8.42 Å². The molecular weight excluding hydrogens is 354 g/mol. The quantitative estimate of drug-likeness (QED) is 0.848. The van der Waals surface area contributed by atoms with Gasteiger partial charge in [-0.3, -0.25) is 4.72 Å². The average molecular weight is 370 g/mol. The molecule has 0 aliphatic rings. The van der Waals surface area contributed by atoms with E-state index in [0.717, 1.165) is 5.56 Å². The minimum Gasteiger partial charge on any atom is -0.497 e. The third-order valence-electron chi connectivity index (χ3n) is 2.94. The number of benzene rings is 2. The maximum absolute atomic E-state index is 12.2. The Morgan fingerprint density at radius 2 is 1.86 bits per heavy atom. The highest BCUT2D eigenvalue weighted by molar-refractivity contribution is 9.10. The molecule has 0 saturated heterocycles. The van der Waals surface area contributed by atoms with E-state index in [1.165, 1.54) is 7.11 Å². The molecule has 2 rings (SSSR count). The van der Waals surface area contributed by atoms with E-state index in [1.807, 2.05) is 30.3 Å². The number of ether oxygens (including phenoxy) is 1. The maximum atomic E-state index is 12.2. The van der Waals surface area contributed by atoms with Gasteiger partial charge in [-0.05, 0) is 40.0 Å². The Hall–Kier alpha value is -1.53. The Labute approximate surface area is 133 Å². The minimum atomic E-state index is -3.42. The van der Waals surface area contributed by atoms with Crippen LogP contribution in [0.25, 0.3) is 0 Å². The van der Waals surface area contributed by atoms with Gasteiger partial charge in [0.05, 0.1) is 18.6 Å². The van der Waals surface area contributed by atoms with Gasteiger partial charge in [0.2, 0.25) is 10.0 Å². The lowest BCUT2D eigenvalue weighted by Gasteiger charge is -2.11. The van der Waals surface area contributed by atoms with Crippen LogP contribution in [-0.2, 0) is 16.4 Å². The molecule has 0 radical (unpaired) electrons. The summed E-state index contributed by atoms with van der Waals surface area (Å²) in [6.07, 6.45) is 0.470. The van der Waals surface area contributed by atoms with Gasteiger partial charge < -0.3 is 4.74 Å². The molecule has 0 heterocycles. The zero-order chi connectivity index (χ0) is 15.3. The summed E-state index contributed by atoms with van der Waals surface area (Å²) < 4.78 is 32.7. The summed E-state index contributed by atoms with van der Waals surface area (Å²) in [7, 11) is -1.88. The van der Waals surface area contributed by atoms with Crippen LogP contribution in [0.2, 0.25) is 0 Å². The van der Waals surface area contributed by atoms with Crippen molar-refractivity contribution in [1.29, 1.82) is 0 Å². The minimum absolute atomic E-state index is 0.0284. The molecule has 2 aromatic carbocycles. The summed E-state index contributed by atoms with van der Waals surface area (Å²) >= 11 is 3.33. The van der Waals surface area contributed by atoms with E-state index in [0.29, 0.717) is 22.3 Å². The van der Waals surface area contributed by atoms with Gasteiger partial charge in [0.25, 0.3) is 0 Å². The first-order valence-corrected chi connectivity index (χ1v) is 8.83. The number of methoxy groups -OCH3 is 1. The van der Waals surface area contributed by atoms with Crippen molar-refractivity contribution >= 4 is 31.6 Å². The molecule has 0 saturated carbocycles. The van der Waals surface area contributed by atoms with Gasteiger partial charge >= 0.3 is 0 Å².